The molecule has 3 aliphatic heterocycles. The highest BCUT2D eigenvalue weighted by Gasteiger charge is 2.57. The molecule has 1 aromatic heterocycles. The monoisotopic (exact) mass is 812 g/mol. The van der Waals surface area contributed by atoms with Crippen molar-refractivity contribution >= 4 is 77.7 Å². The van der Waals surface area contributed by atoms with Crippen molar-refractivity contribution in [1.29, 1.82) is 0 Å². The molecular formula is C58H45BN2S. The summed E-state index contributed by atoms with van der Waals surface area (Å²) < 4.78 is 2.74. The van der Waals surface area contributed by atoms with Gasteiger partial charge in [0.25, 0.3) is 0 Å². The van der Waals surface area contributed by atoms with Crippen LogP contribution < -0.4 is 20.0 Å². The van der Waals surface area contributed by atoms with Gasteiger partial charge in [-0.25, -0.2) is 0 Å². The number of fused-ring (bicyclic) bond motifs is 18. The summed E-state index contributed by atoms with van der Waals surface area (Å²) in [6, 6.07) is 61.1. The van der Waals surface area contributed by atoms with Gasteiger partial charge in [0.15, 0.2) is 0 Å². The molecule has 0 saturated heterocycles. The van der Waals surface area contributed by atoms with Gasteiger partial charge in [0.1, 0.15) is 0 Å². The van der Waals surface area contributed by atoms with Crippen molar-refractivity contribution in [2.24, 2.45) is 0 Å². The molecule has 62 heavy (non-hydrogen) atoms. The fourth-order valence-corrected chi connectivity index (χ4v) is 14.2. The third kappa shape index (κ3) is 4.13. The third-order valence-electron chi connectivity index (χ3n) is 15.8. The third-order valence-corrected chi connectivity index (χ3v) is 17.0. The van der Waals surface area contributed by atoms with Crippen LogP contribution >= 0.6 is 11.3 Å². The highest BCUT2D eigenvalue weighted by Crippen LogP contribution is 2.65. The summed E-state index contributed by atoms with van der Waals surface area (Å²) in [6.45, 7) is 12.1. The molecule has 0 saturated carbocycles. The standard InChI is InChI=1S/C58H45BN2S/c1-34-31-45-46(57(4,5)30-29-56(45,2)3)33-48(34)60-49-32-35-17-6-7-18-36(35)51-40-22-16-26-44-53(40)61(59(52(49)51)55-54(60)39-21-10-15-28-50(39)62-55)47-27-14-13-25-43(47)58(44)41-23-11-8-19-37(41)38-20-9-12-24-42(38)58/h6-28,31-33H,29-30H2,1-5H3. The molecular weight excluding hydrogens is 768 g/mol. The maximum absolute atomic E-state index is 2.78. The Kier molecular flexibility index (Phi) is 6.69. The molecule has 0 amide bonds. The predicted octanol–water partition coefficient (Wildman–Crippen LogP) is 14.1. The number of hydrogen-bond acceptors (Lipinski definition) is 3. The van der Waals surface area contributed by atoms with Crippen LogP contribution in [0.2, 0.25) is 0 Å². The highest BCUT2D eigenvalue weighted by atomic mass is 32.1. The average Bonchev–Trinajstić information content (AvgIpc) is 3.82. The van der Waals surface area contributed by atoms with Crippen molar-refractivity contribution in [3.63, 3.8) is 0 Å². The van der Waals surface area contributed by atoms with Crippen LogP contribution in [0.25, 0.3) is 43.1 Å². The number of benzene rings is 8. The van der Waals surface area contributed by atoms with Gasteiger partial charge in [-0.05, 0) is 127 Å². The zero-order chi connectivity index (χ0) is 41.4. The van der Waals surface area contributed by atoms with Crippen molar-refractivity contribution in [2.45, 2.75) is 63.7 Å². The van der Waals surface area contributed by atoms with Gasteiger partial charge in [-0.3, -0.25) is 0 Å². The average molecular weight is 813 g/mol. The van der Waals surface area contributed by atoms with Crippen LogP contribution in [0.15, 0.2) is 158 Å². The Labute approximate surface area is 368 Å². The SMILES string of the molecule is Cc1cc2c(cc1N1c3cc4ccccc4c4c3B(c3sc5ccccc5c31)N1c3ccccc3C3(c5ccccc5-c5ccccc53)c3cccc-4c31)C(C)(C)CCC2(C)C. The smallest absolute Gasteiger partial charge is 0.343 e. The second-order valence-corrected chi connectivity index (χ2v) is 20.9. The summed E-state index contributed by atoms with van der Waals surface area (Å²) in [4.78, 5) is 5.49. The normalized spacial score (nSPS) is 17.3. The molecule has 0 N–H and O–H groups in total. The van der Waals surface area contributed by atoms with Gasteiger partial charge in [-0.2, -0.15) is 0 Å². The Hall–Kier alpha value is -6.36. The molecule has 0 radical (unpaired) electrons. The molecule has 0 atom stereocenters. The fourth-order valence-electron chi connectivity index (χ4n) is 12.9. The lowest BCUT2D eigenvalue weighted by Gasteiger charge is -2.52. The minimum absolute atomic E-state index is 0.0411. The van der Waals surface area contributed by atoms with E-state index in [1.807, 2.05) is 11.3 Å². The number of rotatable bonds is 1. The lowest BCUT2D eigenvalue weighted by molar-refractivity contribution is 0.332. The Balaban J connectivity index is 1.16. The predicted molar refractivity (Wildman–Crippen MR) is 264 cm³/mol. The molecule has 9 aromatic rings. The molecule has 14 rings (SSSR count). The zero-order valence-corrected chi connectivity index (χ0v) is 36.6. The number of anilines is 5. The van der Waals surface area contributed by atoms with Crippen LogP contribution in [0.1, 0.15) is 79.5 Å². The molecule has 1 spiro atoms. The minimum atomic E-state index is -0.471. The van der Waals surface area contributed by atoms with Crippen LogP contribution in [0.5, 0.6) is 0 Å². The van der Waals surface area contributed by atoms with E-state index in [0.717, 1.165) is 0 Å². The van der Waals surface area contributed by atoms with Crippen LogP contribution in [-0.4, -0.2) is 6.85 Å². The second-order valence-electron chi connectivity index (χ2n) is 19.8. The first-order valence-corrected chi connectivity index (χ1v) is 23.2. The number of thiophene rings is 1. The van der Waals surface area contributed by atoms with Crippen molar-refractivity contribution in [3.05, 3.63) is 197 Å². The summed E-state index contributed by atoms with van der Waals surface area (Å²) in [5, 5.41) is 3.92. The molecule has 2 nitrogen and oxygen atoms in total. The maximum Gasteiger partial charge on any atom is 0.343 e. The number of hydrogen-bond donors (Lipinski definition) is 0. The molecule has 4 heteroatoms. The summed E-state index contributed by atoms with van der Waals surface area (Å²) in [5.41, 5.74) is 22.8. The highest BCUT2D eigenvalue weighted by molar-refractivity contribution is 7.32. The van der Waals surface area contributed by atoms with E-state index < -0.39 is 5.41 Å². The van der Waals surface area contributed by atoms with E-state index in [1.165, 1.54) is 134 Å². The fraction of sp³-hybridized carbons (Fsp3) is 0.172. The van der Waals surface area contributed by atoms with Gasteiger partial charge in [-0.15, -0.1) is 11.3 Å². The first kappa shape index (κ1) is 35.3. The van der Waals surface area contributed by atoms with Gasteiger partial charge in [-0.1, -0.05) is 161 Å². The first-order valence-electron chi connectivity index (χ1n) is 22.4. The second kappa shape index (κ2) is 11.8. The van der Waals surface area contributed by atoms with Gasteiger partial charge in [0.2, 0.25) is 0 Å². The Morgan fingerprint density at radius 3 is 1.85 bits per heavy atom. The molecule has 8 aromatic carbocycles. The van der Waals surface area contributed by atoms with E-state index in [1.54, 1.807) is 0 Å². The zero-order valence-electron chi connectivity index (χ0n) is 35.8. The van der Waals surface area contributed by atoms with Crippen molar-refractivity contribution in [1.82, 2.24) is 0 Å². The van der Waals surface area contributed by atoms with E-state index in [2.05, 4.69) is 202 Å². The summed E-state index contributed by atoms with van der Waals surface area (Å²) in [7, 11) is 0. The van der Waals surface area contributed by atoms with Crippen LogP contribution in [0.3, 0.4) is 0 Å². The molecule has 4 heterocycles. The van der Waals surface area contributed by atoms with Crippen molar-refractivity contribution in [3.8, 4) is 22.3 Å². The minimum Gasteiger partial charge on any atom is -0.375 e. The van der Waals surface area contributed by atoms with Crippen molar-refractivity contribution in [2.75, 3.05) is 9.71 Å². The van der Waals surface area contributed by atoms with Crippen molar-refractivity contribution < 1.29 is 0 Å². The van der Waals surface area contributed by atoms with E-state index in [9.17, 15) is 0 Å². The van der Waals surface area contributed by atoms with Crippen LogP contribution in [0, 0.1) is 6.92 Å². The Morgan fingerprint density at radius 1 is 0.500 bits per heavy atom. The summed E-state index contributed by atoms with van der Waals surface area (Å²) >= 11 is 1.99. The van der Waals surface area contributed by atoms with Gasteiger partial charge in [0, 0.05) is 43.2 Å². The largest absolute Gasteiger partial charge is 0.375 e. The van der Waals surface area contributed by atoms with E-state index in [-0.39, 0.29) is 17.7 Å². The van der Waals surface area contributed by atoms with Gasteiger partial charge < -0.3 is 9.71 Å². The lowest BCUT2D eigenvalue weighted by atomic mass is 9.44. The quantitative estimate of drug-likeness (QED) is 0.152. The van der Waals surface area contributed by atoms with Gasteiger partial charge in [0.05, 0.1) is 11.1 Å². The number of para-hydroxylation sites is 2. The van der Waals surface area contributed by atoms with Gasteiger partial charge >= 0.3 is 6.85 Å². The number of aryl methyl sites for hydroxylation is 1. The molecule has 2 aliphatic carbocycles. The maximum atomic E-state index is 2.78. The Bertz CT molecular complexity index is 3430. The molecule has 0 fully saturated rings. The summed E-state index contributed by atoms with van der Waals surface area (Å²) in [5.74, 6) is 0. The Morgan fingerprint density at radius 2 is 1.10 bits per heavy atom. The van der Waals surface area contributed by atoms with E-state index in [0.29, 0.717) is 0 Å². The van der Waals surface area contributed by atoms with E-state index in [4.69, 9.17) is 0 Å². The molecule has 296 valence electrons. The molecule has 0 bridgehead atoms. The first-order chi connectivity index (χ1) is 30.2. The topological polar surface area (TPSA) is 6.48 Å². The number of nitrogens with zero attached hydrogens (tertiary/aromatic N) is 2. The molecule has 0 unspecified atom stereocenters. The lowest BCUT2D eigenvalue weighted by Crippen LogP contribution is -2.62. The molecule has 5 aliphatic rings. The van der Waals surface area contributed by atoms with Crippen LogP contribution in [-0.2, 0) is 16.2 Å². The van der Waals surface area contributed by atoms with Crippen LogP contribution in [0.4, 0.5) is 28.4 Å². The summed E-state index contributed by atoms with van der Waals surface area (Å²) in [6.07, 6.45) is 2.38. The van der Waals surface area contributed by atoms with E-state index >= 15 is 0 Å².